The lowest BCUT2D eigenvalue weighted by Crippen LogP contribution is -2.30. The van der Waals surface area contributed by atoms with E-state index in [0.29, 0.717) is 4.88 Å². The zero-order valence-corrected chi connectivity index (χ0v) is 12.2. The van der Waals surface area contributed by atoms with Crippen molar-refractivity contribution in [2.24, 2.45) is 0 Å². The number of carbonyl (C=O) groups excluding carboxylic acids is 1. The van der Waals surface area contributed by atoms with Crippen LogP contribution in [0.4, 0.5) is 8.78 Å². The van der Waals surface area contributed by atoms with Crippen LogP contribution in [0.15, 0.2) is 6.07 Å². The summed E-state index contributed by atoms with van der Waals surface area (Å²) in [5.41, 5.74) is 1.18. The summed E-state index contributed by atoms with van der Waals surface area (Å²) in [5, 5.41) is 0. The largest absolute Gasteiger partial charge is 0.332 e. The summed E-state index contributed by atoms with van der Waals surface area (Å²) >= 11 is 1.47. The Morgan fingerprint density at radius 3 is 2.74 bits per heavy atom. The van der Waals surface area contributed by atoms with E-state index in [1.54, 1.807) is 0 Å². The number of carbonyl (C=O) groups is 1. The van der Waals surface area contributed by atoms with Crippen LogP contribution in [0.5, 0.6) is 0 Å². The summed E-state index contributed by atoms with van der Waals surface area (Å²) in [6, 6.07) is 1.88. The van der Waals surface area contributed by atoms with Crippen molar-refractivity contribution in [2.45, 2.75) is 45.5 Å². The number of nitrogens with zero attached hydrogens (tertiary/aromatic N) is 1. The standard InChI is InChI=1S/C14H19F2NOS/c1-3-5-11-10(4-2)8-12(19-11)13(18)17-7-6-14(15,16)9-17/h8H,3-7,9H2,1-2H3. The number of thiophene rings is 1. The Bertz CT molecular complexity index is 470. The topological polar surface area (TPSA) is 20.3 Å². The summed E-state index contributed by atoms with van der Waals surface area (Å²) < 4.78 is 26.3. The molecule has 0 atom stereocenters. The van der Waals surface area contributed by atoms with Gasteiger partial charge < -0.3 is 4.90 Å². The molecule has 0 saturated carbocycles. The quantitative estimate of drug-likeness (QED) is 0.826. The lowest BCUT2D eigenvalue weighted by Gasteiger charge is -2.14. The Morgan fingerprint density at radius 1 is 1.47 bits per heavy atom. The van der Waals surface area contributed by atoms with Gasteiger partial charge in [-0.3, -0.25) is 4.79 Å². The molecule has 2 rings (SSSR count). The molecule has 0 unspecified atom stereocenters. The molecule has 1 saturated heterocycles. The van der Waals surface area contributed by atoms with E-state index >= 15 is 0 Å². The molecule has 1 aromatic rings. The van der Waals surface area contributed by atoms with E-state index in [9.17, 15) is 13.6 Å². The first-order chi connectivity index (χ1) is 8.96. The molecule has 1 aliphatic heterocycles. The number of hydrogen-bond donors (Lipinski definition) is 0. The molecule has 2 nitrogen and oxygen atoms in total. The van der Waals surface area contributed by atoms with E-state index in [4.69, 9.17) is 0 Å². The normalized spacial score (nSPS) is 18.0. The van der Waals surface area contributed by atoms with Crippen molar-refractivity contribution in [1.82, 2.24) is 4.90 Å². The zero-order chi connectivity index (χ0) is 14.0. The summed E-state index contributed by atoms with van der Waals surface area (Å²) in [6.45, 7) is 3.88. The van der Waals surface area contributed by atoms with Crippen LogP contribution in [0, 0.1) is 0 Å². The average molecular weight is 287 g/mol. The van der Waals surface area contributed by atoms with Crippen molar-refractivity contribution in [3.8, 4) is 0 Å². The van der Waals surface area contributed by atoms with Crippen molar-refractivity contribution in [1.29, 1.82) is 0 Å². The molecular formula is C14H19F2NOS. The van der Waals surface area contributed by atoms with E-state index in [2.05, 4.69) is 13.8 Å². The first kappa shape index (κ1) is 14.4. The van der Waals surface area contributed by atoms with Gasteiger partial charge in [0.1, 0.15) is 0 Å². The minimum absolute atomic E-state index is 0.161. The van der Waals surface area contributed by atoms with Crippen molar-refractivity contribution in [3.63, 3.8) is 0 Å². The Labute approximate surface area is 116 Å². The highest BCUT2D eigenvalue weighted by Crippen LogP contribution is 2.31. The van der Waals surface area contributed by atoms with Gasteiger partial charge >= 0.3 is 0 Å². The van der Waals surface area contributed by atoms with E-state index in [-0.39, 0.29) is 18.9 Å². The second kappa shape index (κ2) is 5.57. The van der Waals surface area contributed by atoms with Crippen LogP contribution in [-0.4, -0.2) is 29.8 Å². The molecule has 2 heterocycles. The first-order valence-electron chi connectivity index (χ1n) is 6.75. The molecule has 0 aromatic carbocycles. The summed E-state index contributed by atoms with van der Waals surface area (Å²) in [6.07, 6.45) is 2.65. The smallest absolute Gasteiger partial charge is 0.267 e. The summed E-state index contributed by atoms with van der Waals surface area (Å²) in [7, 11) is 0. The second-order valence-corrected chi connectivity index (χ2v) is 6.13. The molecule has 5 heteroatoms. The number of rotatable bonds is 4. The maximum Gasteiger partial charge on any atom is 0.267 e. The van der Waals surface area contributed by atoms with Crippen LogP contribution in [0.1, 0.15) is 46.8 Å². The monoisotopic (exact) mass is 287 g/mol. The number of likely N-dealkylation sites (tertiary alicyclic amines) is 1. The fraction of sp³-hybridized carbons (Fsp3) is 0.643. The van der Waals surface area contributed by atoms with Crippen molar-refractivity contribution >= 4 is 17.2 Å². The number of halogens is 2. The van der Waals surface area contributed by atoms with Gasteiger partial charge in [0.05, 0.1) is 11.4 Å². The molecule has 1 aliphatic rings. The van der Waals surface area contributed by atoms with Gasteiger partial charge in [-0.25, -0.2) is 8.78 Å². The predicted octanol–water partition coefficient (Wildman–Crippen LogP) is 3.74. The van der Waals surface area contributed by atoms with Gasteiger partial charge in [0.15, 0.2) is 0 Å². The molecule has 0 radical (unpaired) electrons. The van der Waals surface area contributed by atoms with Crippen LogP contribution in [0.2, 0.25) is 0 Å². The third kappa shape index (κ3) is 3.14. The first-order valence-corrected chi connectivity index (χ1v) is 7.57. The minimum atomic E-state index is -2.72. The predicted molar refractivity (Wildman–Crippen MR) is 73.2 cm³/mol. The summed E-state index contributed by atoms with van der Waals surface area (Å²) in [5.74, 6) is -2.95. The lowest BCUT2D eigenvalue weighted by atomic mass is 10.1. The lowest BCUT2D eigenvalue weighted by molar-refractivity contribution is 0.0121. The summed E-state index contributed by atoms with van der Waals surface area (Å²) in [4.78, 5) is 15.3. The van der Waals surface area contributed by atoms with Crippen molar-refractivity contribution < 1.29 is 13.6 Å². The Balaban J connectivity index is 2.15. The maximum absolute atomic E-state index is 13.2. The maximum atomic E-state index is 13.2. The highest BCUT2D eigenvalue weighted by Gasteiger charge is 2.40. The van der Waals surface area contributed by atoms with Gasteiger partial charge in [-0.1, -0.05) is 20.3 Å². The van der Waals surface area contributed by atoms with E-state index in [1.807, 2.05) is 6.07 Å². The SMILES string of the molecule is CCCc1sc(C(=O)N2CCC(F)(F)C2)cc1CC. The molecule has 0 spiro atoms. The van der Waals surface area contributed by atoms with E-state index in [1.165, 1.54) is 26.7 Å². The van der Waals surface area contributed by atoms with Crippen molar-refractivity contribution in [2.75, 3.05) is 13.1 Å². The Morgan fingerprint density at radius 2 is 2.21 bits per heavy atom. The fourth-order valence-corrected chi connectivity index (χ4v) is 3.70. The molecule has 1 aromatic heterocycles. The van der Waals surface area contributed by atoms with Crippen LogP contribution < -0.4 is 0 Å². The highest BCUT2D eigenvalue weighted by molar-refractivity contribution is 7.14. The third-order valence-corrected chi connectivity index (χ3v) is 4.65. The molecule has 19 heavy (non-hydrogen) atoms. The number of aryl methyl sites for hydroxylation is 2. The van der Waals surface area contributed by atoms with Gasteiger partial charge in [0.2, 0.25) is 0 Å². The minimum Gasteiger partial charge on any atom is -0.332 e. The van der Waals surface area contributed by atoms with Crippen LogP contribution >= 0.6 is 11.3 Å². The average Bonchev–Trinajstić information content (AvgIpc) is 2.92. The van der Waals surface area contributed by atoms with Crippen molar-refractivity contribution in [3.05, 3.63) is 21.4 Å². The van der Waals surface area contributed by atoms with Gasteiger partial charge in [-0.2, -0.15) is 0 Å². The number of amides is 1. The molecule has 106 valence electrons. The Hall–Kier alpha value is -0.970. The Kier molecular flexibility index (Phi) is 4.23. The fourth-order valence-electron chi connectivity index (χ4n) is 2.37. The number of alkyl halides is 2. The second-order valence-electron chi connectivity index (χ2n) is 5.00. The molecule has 0 aliphatic carbocycles. The van der Waals surface area contributed by atoms with E-state index < -0.39 is 12.5 Å². The molecule has 1 fully saturated rings. The van der Waals surface area contributed by atoms with Gasteiger partial charge in [0, 0.05) is 17.8 Å². The van der Waals surface area contributed by atoms with Crippen LogP contribution in [0.25, 0.3) is 0 Å². The molecule has 1 amide bonds. The van der Waals surface area contributed by atoms with Crippen LogP contribution in [0.3, 0.4) is 0 Å². The molecule has 0 bridgehead atoms. The third-order valence-electron chi connectivity index (χ3n) is 3.42. The number of hydrogen-bond acceptors (Lipinski definition) is 2. The molecular weight excluding hydrogens is 268 g/mol. The zero-order valence-electron chi connectivity index (χ0n) is 11.3. The molecule has 0 N–H and O–H groups in total. The van der Waals surface area contributed by atoms with Gasteiger partial charge in [-0.05, 0) is 24.5 Å². The van der Waals surface area contributed by atoms with Crippen LogP contribution in [-0.2, 0) is 12.8 Å². The van der Waals surface area contributed by atoms with Gasteiger partial charge in [-0.15, -0.1) is 11.3 Å². The van der Waals surface area contributed by atoms with Gasteiger partial charge in [0.25, 0.3) is 11.8 Å². The van der Waals surface area contributed by atoms with E-state index in [0.717, 1.165) is 19.3 Å². The highest BCUT2D eigenvalue weighted by atomic mass is 32.1.